The van der Waals surface area contributed by atoms with E-state index in [0.717, 1.165) is 5.56 Å². The van der Waals surface area contributed by atoms with Crippen LogP contribution >= 0.6 is 11.6 Å². The molecule has 0 atom stereocenters. The van der Waals surface area contributed by atoms with Gasteiger partial charge in [0.15, 0.2) is 0 Å². The van der Waals surface area contributed by atoms with Crippen molar-refractivity contribution in [3.63, 3.8) is 0 Å². The van der Waals surface area contributed by atoms with Gasteiger partial charge in [0.1, 0.15) is 12.4 Å². The topological polar surface area (TPSA) is 51.2 Å². The fourth-order valence-electron chi connectivity index (χ4n) is 2.17. The van der Waals surface area contributed by atoms with Crippen LogP contribution in [0.3, 0.4) is 0 Å². The van der Waals surface area contributed by atoms with Gasteiger partial charge in [-0.2, -0.15) is 0 Å². The largest absolute Gasteiger partial charge is 0.487 e. The van der Waals surface area contributed by atoms with Crippen LogP contribution in [0.2, 0.25) is 5.02 Å². The maximum atomic E-state index is 12.3. The van der Waals surface area contributed by atoms with Crippen molar-refractivity contribution >= 4 is 23.2 Å². The van der Waals surface area contributed by atoms with Gasteiger partial charge in [-0.1, -0.05) is 35.9 Å². The van der Waals surface area contributed by atoms with Crippen molar-refractivity contribution < 1.29 is 9.53 Å². The number of aromatic nitrogens is 1. The first-order valence-electron chi connectivity index (χ1n) is 7.40. The fourth-order valence-corrected chi connectivity index (χ4v) is 2.36. The molecule has 0 radical (unpaired) electrons. The Hall–Kier alpha value is -2.85. The van der Waals surface area contributed by atoms with Crippen LogP contribution in [-0.2, 0) is 6.61 Å². The maximum absolute atomic E-state index is 12.3. The summed E-state index contributed by atoms with van der Waals surface area (Å²) in [7, 11) is 0. The molecule has 0 unspecified atom stereocenters. The molecule has 4 nitrogen and oxygen atoms in total. The number of carbonyl (C=O) groups is 1. The number of nitrogens with one attached hydrogen (secondary N) is 1. The SMILES string of the molecule is O=C(Nc1cccnc1)c1cccc(COc2ccccc2Cl)c1. The average Bonchev–Trinajstić information content (AvgIpc) is 2.62. The van der Waals surface area contributed by atoms with Crippen molar-refractivity contribution in [2.24, 2.45) is 0 Å². The zero-order valence-electron chi connectivity index (χ0n) is 12.8. The molecule has 0 saturated heterocycles. The van der Waals surface area contributed by atoms with E-state index in [4.69, 9.17) is 16.3 Å². The molecule has 5 heteroatoms. The molecule has 0 aliphatic heterocycles. The maximum Gasteiger partial charge on any atom is 0.255 e. The van der Waals surface area contributed by atoms with Crippen molar-refractivity contribution in [1.29, 1.82) is 0 Å². The molecule has 0 saturated carbocycles. The summed E-state index contributed by atoms with van der Waals surface area (Å²) in [6.07, 6.45) is 3.25. The zero-order valence-corrected chi connectivity index (χ0v) is 13.5. The van der Waals surface area contributed by atoms with Gasteiger partial charge < -0.3 is 10.1 Å². The third-order valence-electron chi connectivity index (χ3n) is 3.34. The highest BCUT2D eigenvalue weighted by Crippen LogP contribution is 2.24. The molecule has 2 aromatic carbocycles. The first-order chi connectivity index (χ1) is 11.7. The summed E-state index contributed by atoms with van der Waals surface area (Å²) in [5.74, 6) is 0.423. The van der Waals surface area contributed by atoms with Crippen LogP contribution in [0.4, 0.5) is 5.69 Å². The van der Waals surface area contributed by atoms with E-state index in [9.17, 15) is 4.79 Å². The molecule has 1 heterocycles. The average molecular weight is 339 g/mol. The molecular weight excluding hydrogens is 324 g/mol. The number of carbonyl (C=O) groups excluding carboxylic acids is 1. The van der Waals surface area contributed by atoms with Gasteiger partial charge in [-0.05, 0) is 42.0 Å². The summed E-state index contributed by atoms with van der Waals surface area (Å²) in [6.45, 7) is 0.331. The van der Waals surface area contributed by atoms with E-state index in [0.29, 0.717) is 28.6 Å². The number of anilines is 1. The highest BCUT2D eigenvalue weighted by molar-refractivity contribution is 6.32. The summed E-state index contributed by atoms with van der Waals surface area (Å²) in [4.78, 5) is 16.3. The van der Waals surface area contributed by atoms with Crippen LogP contribution in [0, 0.1) is 0 Å². The Kier molecular flexibility index (Phi) is 5.08. The number of para-hydroxylation sites is 1. The van der Waals surface area contributed by atoms with Crippen LogP contribution in [0.5, 0.6) is 5.75 Å². The standard InChI is InChI=1S/C19H15ClN2O2/c20-17-8-1-2-9-18(17)24-13-14-5-3-6-15(11-14)19(23)22-16-7-4-10-21-12-16/h1-12H,13H2,(H,22,23). The number of rotatable bonds is 5. The van der Waals surface area contributed by atoms with Crippen LogP contribution < -0.4 is 10.1 Å². The van der Waals surface area contributed by atoms with Crippen molar-refractivity contribution in [3.8, 4) is 5.75 Å². The minimum absolute atomic E-state index is 0.192. The lowest BCUT2D eigenvalue weighted by Gasteiger charge is -2.09. The van der Waals surface area contributed by atoms with Crippen LogP contribution in [0.15, 0.2) is 73.1 Å². The Labute approximate surface area is 145 Å². The minimum atomic E-state index is -0.192. The lowest BCUT2D eigenvalue weighted by Crippen LogP contribution is -2.12. The number of halogens is 1. The highest BCUT2D eigenvalue weighted by atomic mass is 35.5. The number of pyridine rings is 1. The third-order valence-corrected chi connectivity index (χ3v) is 3.65. The number of hydrogen-bond acceptors (Lipinski definition) is 3. The second-order valence-electron chi connectivity index (χ2n) is 5.12. The quantitative estimate of drug-likeness (QED) is 0.741. The molecular formula is C19H15ClN2O2. The van der Waals surface area contributed by atoms with E-state index in [1.54, 1.807) is 48.8 Å². The Balaban J connectivity index is 1.68. The summed E-state index contributed by atoms with van der Waals surface area (Å²) in [5, 5.41) is 3.36. The first kappa shape index (κ1) is 16.0. The lowest BCUT2D eigenvalue weighted by molar-refractivity contribution is 0.102. The number of ether oxygens (including phenoxy) is 1. The van der Waals surface area contributed by atoms with E-state index in [-0.39, 0.29) is 5.91 Å². The molecule has 0 fully saturated rings. The molecule has 0 aliphatic rings. The van der Waals surface area contributed by atoms with Crippen LogP contribution in [0.25, 0.3) is 0 Å². The molecule has 1 amide bonds. The Morgan fingerprint density at radius 3 is 2.75 bits per heavy atom. The van der Waals surface area contributed by atoms with E-state index < -0.39 is 0 Å². The van der Waals surface area contributed by atoms with Gasteiger partial charge in [0.2, 0.25) is 0 Å². The van der Waals surface area contributed by atoms with Crippen molar-refractivity contribution in [3.05, 3.63) is 89.2 Å². The van der Waals surface area contributed by atoms with Crippen molar-refractivity contribution in [1.82, 2.24) is 4.98 Å². The predicted octanol–water partition coefficient (Wildman–Crippen LogP) is 4.57. The second-order valence-corrected chi connectivity index (χ2v) is 5.52. The zero-order chi connectivity index (χ0) is 16.8. The van der Waals surface area contributed by atoms with Crippen LogP contribution in [0.1, 0.15) is 15.9 Å². The molecule has 0 spiro atoms. The fraction of sp³-hybridized carbons (Fsp3) is 0.0526. The Morgan fingerprint density at radius 1 is 1.08 bits per heavy atom. The van der Waals surface area contributed by atoms with E-state index in [2.05, 4.69) is 10.3 Å². The number of nitrogens with zero attached hydrogens (tertiary/aromatic N) is 1. The van der Waals surface area contributed by atoms with Crippen molar-refractivity contribution in [2.75, 3.05) is 5.32 Å². The molecule has 0 bridgehead atoms. The first-order valence-corrected chi connectivity index (χ1v) is 7.78. The summed E-state index contributed by atoms with van der Waals surface area (Å²) in [6, 6.07) is 18.1. The van der Waals surface area contributed by atoms with E-state index >= 15 is 0 Å². The summed E-state index contributed by atoms with van der Waals surface area (Å²) >= 11 is 6.07. The Bertz CT molecular complexity index is 838. The van der Waals surface area contributed by atoms with Gasteiger partial charge in [-0.25, -0.2) is 0 Å². The normalized spacial score (nSPS) is 10.2. The van der Waals surface area contributed by atoms with Gasteiger partial charge >= 0.3 is 0 Å². The highest BCUT2D eigenvalue weighted by Gasteiger charge is 2.08. The third kappa shape index (κ3) is 4.12. The molecule has 3 aromatic rings. The smallest absolute Gasteiger partial charge is 0.255 e. The lowest BCUT2D eigenvalue weighted by atomic mass is 10.1. The van der Waals surface area contributed by atoms with Crippen molar-refractivity contribution in [2.45, 2.75) is 6.61 Å². The molecule has 1 aromatic heterocycles. The summed E-state index contributed by atoms with van der Waals surface area (Å²) in [5.41, 5.74) is 2.09. The van der Waals surface area contributed by atoms with Gasteiger partial charge in [0.25, 0.3) is 5.91 Å². The van der Waals surface area contributed by atoms with E-state index in [1.807, 2.05) is 24.3 Å². The number of benzene rings is 2. The minimum Gasteiger partial charge on any atom is -0.487 e. The van der Waals surface area contributed by atoms with E-state index in [1.165, 1.54) is 0 Å². The van der Waals surface area contributed by atoms with Crippen LogP contribution in [-0.4, -0.2) is 10.9 Å². The number of amides is 1. The van der Waals surface area contributed by atoms with Gasteiger partial charge in [0, 0.05) is 11.8 Å². The molecule has 1 N–H and O–H groups in total. The number of hydrogen-bond donors (Lipinski definition) is 1. The molecule has 120 valence electrons. The monoisotopic (exact) mass is 338 g/mol. The van der Waals surface area contributed by atoms with Gasteiger partial charge in [-0.3, -0.25) is 9.78 Å². The molecule has 0 aliphatic carbocycles. The van der Waals surface area contributed by atoms with Gasteiger partial charge in [-0.15, -0.1) is 0 Å². The second kappa shape index (κ2) is 7.62. The molecule has 3 rings (SSSR count). The Morgan fingerprint density at radius 2 is 1.96 bits per heavy atom. The summed E-state index contributed by atoms with van der Waals surface area (Å²) < 4.78 is 5.70. The molecule has 24 heavy (non-hydrogen) atoms. The predicted molar refractivity (Wildman–Crippen MR) is 94.4 cm³/mol. The van der Waals surface area contributed by atoms with Gasteiger partial charge in [0.05, 0.1) is 16.9 Å².